The van der Waals surface area contributed by atoms with Crippen molar-refractivity contribution in [1.82, 2.24) is 15.1 Å². The largest absolute Gasteiger partial charge is 0.384 e. The molecule has 4 nitrogen and oxygen atoms in total. The van der Waals surface area contributed by atoms with Crippen molar-refractivity contribution in [3.63, 3.8) is 0 Å². The van der Waals surface area contributed by atoms with Crippen molar-refractivity contribution in [2.75, 3.05) is 5.73 Å². The summed E-state index contributed by atoms with van der Waals surface area (Å²) < 4.78 is 2.23. The van der Waals surface area contributed by atoms with Crippen molar-refractivity contribution < 1.29 is 0 Å². The zero-order valence-corrected chi connectivity index (χ0v) is 11.3. The highest BCUT2D eigenvalue weighted by atomic mass is 15.4. The molecule has 0 spiro atoms. The van der Waals surface area contributed by atoms with Crippen molar-refractivity contribution >= 4 is 5.82 Å². The first-order valence-electron chi connectivity index (χ1n) is 7.86. The number of aromatic nitrogens is 2. The van der Waals surface area contributed by atoms with Crippen LogP contribution in [-0.4, -0.2) is 9.78 Å². The predicted molar refractivity (Wildman–Crippen MR) is 73.3 cm³/mol. The molecule has 1 aliphatic heterocycles. The third-order valence-electron chi connectivity index (χ3n) is 6.19. The van der Waals surface area contributed by atoms with E-state index in [-0.39, 0.29) is 0 Å². The van der Waals surface area contributed by atoms with E-state index < -0.39 is 0 Å². The fourth-order valence-electron chi connectivity index (χ4n) is 5.69. The van der Waals surface area contributed by atoms with Crippen LogP contribution in [0.5, 0.6) is 0 Å². The molecule has 2 heterocycles. The summed E-state index contributed by atoms with van der Waals surface area (Å²) in [6.45, 7) is 1.81. The zero-order chi connectivity index (χ0) is 12.6. The van der Waals surface area contributed by atoms with E-state index in [4.69, 9.17) is 10.8 Å². The lowest BCUT2D eigenvalue weighted by Gasteiger charge is -2.54. The van der Waals surface area contributed by atoms with Gasteiger partial charge in [0.1, 0.15) is 5.82 Å². The van der Waals surface area contributed by atoms with Gasteiger partial charge >= 0.3 is 0 Å². The number of nitrogens with zero attached hydrogens (tertiary/aromatic N) is 2. The minimum Gasteiger partial charge on any atom is -0.384 e. The van der Waals surface area contributed by atoms with Crippen LogP contribution >= 0.6 is 0 Å². The Balaban J connectivity index is 1.56. The standard InChI is InChI=1S/C15H22N4/c16-15-12-6-17-7-13(12)18-19(15)14-10-2-8-1-9(4-10)5-11(14)3-8/h8-11,14,17H,1-7,16H2. The lowest BCUT2D eigenvalue weighted by molar-refractivity contribution is -0.0329. The number of hydrogen-bond acceptors (Lipinski definition) is 3. The van der Waals surface area contributed by atoms with E-state index in [1.54, 1.807) is 0 Å². The minimum absolute atomic E-state index is 0.610. The Morgan fingerprint density at radius 2 is 1.68 bits per heavy atom. The van der Waals surface area contributed by atoms with Crippen molar-refractivity contribution in [2.45, 2.75) is 51.2 Å². The summed E-state index contributed by atoms with van der Waals surface area (Å²) >= 11 is 0. The Labute approximate surface area is 113 Å². The molecule has 3 N–H and O–H groups in total. The molecule has 0 aromatic carbocycles. The fourth-order valence-corrected chi connectivity index (χ4v) is 5.69. The summed E-state index contributed by atoms with van der Waals surface area (Å²) in [5.74, 6) is 4.70. The van der Waals surface area contributed by atoms with Crippen LogP contribution in [0.25, 0.3) is 0 Å². The third-order valence-corrected chi connectivity index (χ3v) is 6.19. The van der Waals surface area contributed by atoms with Crippen LogP contribution in [0.3, 0.4) is 0 Å². The SMILES string of the molecule is Nc1c2c(nn1C1C3CC4CC(C3)CC1C4)CNC2. The van der Waals surface area contributed by atoms with Gasteiger partial charge in [-0.3, -0.25) is 0 Å². The molecule has 1 aromatic heterocycles. The molecule has 4 bridgehead atoms. The quantitative estimate of drug-likeness (QED) is 0.810. The summed E-state index contributed by atoms with van der Waals surface area (Å²) in [6, 6.07) is 0.610. The molecule has 4 aliphatic carbocycles. The zero-order valence-electron chi connectivity index (χ0n) is 11.3. The molecule has 1 aromatic rings. The summed E-state index contributed by atoms with van der Waals surface area (Å²) in [5.41, 5.74) is 8.87. The van der Waals surface area contributed by atoms with E-state index in [2.05, 4.69) is 10.00 Å². The second kappa shape index (κ2) is 3.54. The summed E-state index contributed by atoms with van der Waals surface area (Å²) in [7, 11) is 0. The van der Waals surface area contributed by atoms with Gasteiger partial charge in [0.15, 0.2) is 0 Å². The maximum absolute atomic E-state index is 6.40. The Hall–Kier alpha value is -1.03. The Morgan fingerprint density at radius 3 is 2.32 bits per heavy atom. The maximum Gasteiger partial charge on any atom is 0.126 e. The summed E-state index contributed by atoms with van der Waals surface area (Å²) in [6.07, 6.45) is 7.23. The van der Waals surface area contributed by atoms with Crippen LogP contribution in [0.15, 0.2) is 0 Å². The molecule has 0 saturated heterocycles. The second-order valence-electron chi connectivity index (χ2n) is 7.28. The average molecular weight is 258 g/mol. The topological polar surface area (TPSA) is 55.9 Å². The van der Waals surface area contributed by atoms with Gasteiger partial charge in [0.2, 0.25) is 0 Å². The predicted octanol–water partition coefficient (Wildman–Crippen LogP) is 2.07. The highest BCUT2D eigenvalue weighted by Gasteiger charge is 2.50. The number of nitrogen functional groups attached to an aromatic ring is 1. The van der Waals surface area contributed by atoms with Crippen LogP contribution in [-0.2, 0) is 13.1 Å². The molecule has 0 unspecified atom stereocenters. The molecular formula is C15H22N4. The van der Waals surface area contributed by atoms with Crippen molar-refractivity contribution in [1.29, 1.82) is 0 Å². The van der Waals surface area contributed by atoms with E-state index in [9.17, 15) is 0 Å². The average Bonchev–Trinajstić information content (AvgIpc) is 2.93. The van der Waals surface area contributed by atoms with Crippen molar-refractivity contribution in [3.05, 3.63) is 11.3 Å². The summed E-state index contributed by atoms with van der Waals surface area (Å²) in [4.78, 5) is 0. The van der Waals surface area contributed by atoms with Crippen molar-refractivity contribution in [3.8, 4) is 0 Å². The molecule has 0 radical (unpaired) electrons. The monoisotopic (exact) mass is 258 g/mol. The molecule has 102 valence electrons. The molecule has 0 atom stereocenters. The number of rotatable bonds is 1. The van der Waals surface area contributed by atoms with Gasteiger partial charge in [0, 0.05) is 18.7 Å². The molecule has 19 heavy (non-hydrogen) atoms. The van der Waals surface area contributed by atoms with E-state index >= 15 is 0 Å². The molecule has 0 amide bonds. The van der Waals surface area contributed by atoms with Crippen LogP contribution in [0.4, 0.5) is 5.82 Å². The first kappa shape index (κ1) is 10.7. The van der Waals surface area contributed by atoms with Gasteiger partial charge in [-0.15, -0.1) is 0 Å². The number of nitrogens with one attached hydrogen (secondary N) is 1. The number of nitrogens with two attached hydrogens (primary N) is 1. The van der Waals surface area contributed by atoms with Crippen LogP contribution < -0.4 is 11.1 Å². The number of fused-ring (bicyclic) bond motifs is 1. The molecule has 5 aliphatic rings. The Morgan fingerprint density at radius 1 is 1.00 bits per heavy atom. The lowest BCUT2D eigenvalue weighted by atomic mass is 9.54. The minimum atomic E-state index is 0.610. The normalized spacial score (nSPS) is 42.8. The van der Waals surface area contributed by atoms with Crippen LogP contribution in [0, 0.1) is 23.7 Å². The first-order valence-corrected chi connectivity index (χ1v) is 7.86. The van der Waals surface area contributed by atoms with E-state index in [0.717, 1.165) is 42.6 Å². The third kappa shape index (κ3) is 1.36. The Kier molecular flexibility index (Phi) is 2.00. The molecule has 4 saturated carbocycles. The maximum atomic E-state index is 6.40. The van der Waals surface area contributed by atoms with Gasteiger partial charge < -0.3 is 11.1 Å². The molecular weight excluding hydrogens is 236 g/mol. The smallest absolute Gasteiger partial charge is 0.126 e. The second-order valence-corrected chi connectivity index (χ2v) is 7.28. The van der Waals surface area contributed by atoms with Gasteiger partial charge in [-0.05, 0) is 55.8 Å². The molecule has 6 rings (SSSR count). The Bertz CT molecular complexity index is 504. The lowest BCUT2D eigenvalue weighted by Crippen LogP contribution is -2.46. The van der Waals surface area contributed by atoms with Gasteiger partial charge in [0.05, 0.1) is 11.7 Å². The van der Waals surface area contributed by atoms with E-state index in [0.29, 0.717) is 6.04 Å². The highest BCUT2D eigenvalue weighted by Crippen LogP contribution is 2.58. The van der Waals surface area contributed by atoms with E-state index in [1.165, 1.54) is 43.4 Å². The van der Waals surface area contributed by atoms with Gasteiger partial charge in [0.25, 0.3) is 0 Å². The molecule has 4 heteroatoms. The fraction of sp³-hybridized carbons (Fsp3) is 0.800. The van der Waals surface area contributed by atoms with Crippen molar-refractivity contribution in [2.24, 2.45) is 23.7 Å². The van der Waals surface area contributed by atoms with Gasteiger partial charge in [-0.1, -0.05) is 0 Å². The van der Waals surface area contributed by atoms with Gasteiger partial charge in [-0.25, -0.2) is 4.68 Å². The number of hydrogen-bond donors (Lipinski definition) is 2. The molecule has 4 fully saturated rings. The summed E-state index contributed by atoms with van der Waals surface area (Å²) in [5, 5.41) is 8.21. The van der Waals surface area contributed by atoms with Crippen LogP contribution in [0.2, 0.25) is 0 Å². The highest BCUT2D eigenvalue weighted by molar-refractivity contribution is 5.46. The van der Waals surface area contributed by atoms with E-state index in [1.807, 2.05) is 0 Å². The first-order chi connectivity index (χ1) is 9.29. The van der Waals surface area contributed by atoms with Gasteiger partial charge in [-0.2, -0.15) is 5.10 Å². The van der Waals surface area contributed by atoms with Crippen LogP contribution in [0.1, 0.15) is 49.4 Å². The number of anilines is 1.